The molecule has 0 aliphatic carbocycles. The van der Waals surface area contributed by atoms with Gasteiger partial charge in [0.2, 0.25) is 0 Å². The van der Waals surface area contributed by atoms with E-state index in [0.717, 1.165) is 21.3 Å². The molecule has 32 heavy (non-hydrogen) atoms. The van der Waals surface area contributed by atoms with Crippen LogP contribution in [0.25, 0.3) is 16.3 Å². The third-order valence-electron chi connectivity index (χ3n) is 5.50. The number of anilines is 1. The normalized spacial score (nSPS) is 15.1. The lowest BCUT2D eigenvalue weighted by Gasteiger charge is -2.14. The standard InChI is InChI=1S/C26H21N3OS2/c1-16-13-21-23(14-17(16)2)32-26(28-21)29-24(19-7-5-4-6-8-19)27-22(25(29)30)15-18-9-11-20(31-3)12-10-18/h4-15H,1-3H3/b22-15-. The maximum Gasteiger partial charge on any atom is 0.284 e. The molecule has 4 nitrogen and oxygen atoms in total. The molecular formula is C26H21N3OS2. The van der Waals surface area contributed by atoms with E-state index < -0.39 is 0 Å². The molecule has 5 rings (SSSR count). The molecular weight excluding hydrogens is 434 g/mol. The van der Waals surface area contributed by atoms with Gasteiger partial charge in [-0.05, 0) is 67.1 Å². The van der Waals surface area contributed by atoms with Crippen LogP contribution in [0.4, 0.5) is 5.13 Å². The number of amides is 1. The Morgan fingerprint density at radius 2 is 1.69 bits per heavy atom. The van der Waals surface area contributed by atoms with Crippen molar-refractivity contribution < 1.29 is 4.79 Å². The number of thiazole rings is 1. The van der Waals surface area contributed by atoms with E-state index in [1.807, 2.05) is 66.9 Å². The van der Waals surface area contributed by atoms with Crippen molar-refractivity contribution in [3.05, 3.63) is 94.7 Å². The first-order chi connectivity index (χ1) is 15.5. The molecule has 1 aliphatic rings. The van der Waals surface area contributed by atoms with E-state index in [1.165, 1.54) is 27.4 Å². The quantitative estimate of drug-likeness (QED) is 0.262. The molecule has 1 aromatic heterocycles. The summed E-state index contributed by atoms with van der Waals surface area (Å²) in [5.41, 5.74) is 5.54. The second kappa shape index (κ2) is 8.37. The summed E-state index contributed by atoms with van der Waals surface area (Å²) in [4.78, 5) is 25.9. The molecule has 3 aromatic carbocycles. The van der Waals surface area contributed by atoms with Crippen LogP contribution < -0.4 is 4.90 Å². The van der Waals surface area contributed by atoms with Crippen LogP contribution in [0.5, 0.6) is 0 Å². The molecule has 0 saturated carbocycles. The molecule has 2 heterocycles. The van der Waals surface area contributed by atoms with Gasteiger partial charge in [0.05, 0.1) is 10.2 Å². The van der Waals surface area contributed by atoms with Gasteiger partial charge in [0.15, 0.2) is 5.13 Å². The number of carbonyl (C=O) groups excluding carboxylic acids is 1. The van der Waals surface area contributed by atoms with Gasteiger partial charge >= 0.3 is 0 Å². The SMILES string of the molecule is CSc1ccc(/C=C2\N=C(c3ccccc3)N(c3nc4cc(C)c(C)cc4s3)C2=O)cc1. The van der Waals surface area contributed by atoms with Crippen molar-refractivity contribution in [1.29, 1.82) is 0 Å². The highest BCUT2D eigenvalue weighted by atomic mass is 32.2. The van der Waals surface area contributed by atoms with Crippen LogP contribution in [-0.2, 0) is 4.79 Å². The van der Waals surface area contributed by atoms with Crippen LogP contribution in [0, 0.1) is 13.8 Å². The van der Waals surface area contributed by atoms with Crippen LogP contribution in [0.3, 0.4) is 0 Å². The Hall–Kier alpha value is -3.22. The minimum Gasteiger partial charge on any atom is -0.266 e. The number of aliphatic imine (C=N–C) groups is 1. The summed E-state index contributed by atoms with van der Waals surface area (Å²) in [6.45, 7) is 4.17. The number of benzene rings is 3. The van der Waals surface area contributed by atoms with E-state index in [9.17, 15) is 4.79 Å². The summed E-state index contributed by atoms with van der Waals surface area (Å²) in [7, 11) is 0. The van der Waals surface area contributed by atoms with Crippen LogP contribution >= 0.6 is 23.1 Å². The Labute approximate surface area is 195 Å². The molecule has 0 N–H and O–H groups in total. The average Bonchev–Trinajstić information content (AvgIpc) is 3.35. The van der Waals surface area contributed by atoms with Crippen LogP contribution in [-0.4, -0.2) is 23.0 Å². The Morgan fingerprint density at radius 3 is 2.41 bits per heavy atom. The molecule has 0 spiro atoms. The zero-order chi connectivity index (χ0) is 22.2. The van der Waals surface area contributed by atoms with Gasteiger partial charge in [0, 0.05) is 10.5 Å². The summed E-state index contributed by atoms with van der Waals surface area (Å²) in [5.74, 6) is 0.445. The molecule has 6 heteroatoms. The monoisotopic (exact) mass is 455 g/mol. The van der Waals surface area contributed by atoms with E-state index in [1.54, 1.807) is 16.7 Å². The number of hydrogen-bond donors (Lipinski definition) is 0. The third-order valence-corrected chi connectivity index (χ3v) is 7.24. The van der Waals surface area contributed by atoms with E-state index in [-0.39, 0.29) is 5.91 Å². The molecule has 4 aromatic rings. The van der Waals surface area contributed by atoms with Crippen molar-refractivity contribution in [3.63, 3.8) is 0 Å². The first-order valence-corrected chi connectivity index (χ1v) is 12.3. The maximum atomic E-state index is 13.5. The third kappa shape index (κ3) is 3.76. The fourth-order valence-corrected chi connectivity index (χ4v) is 5.05. The van der Waals surface area contributed by atoms with Crippen molar-refractivity contribution >= 4 is 56.3 Å². The predicted octanol–water partition coefficient (Wildman–Crippen LogP) is 6.47. The van der Waals surface area contributed by atoms with E-state index >= 15 is 0 Å². The number of aryl methyl sites for hydroxylation is 2. The molecule has 0 radical (unpaired) electrons. The summed E-state index contributed by atoms with van der Waals surface area (Å²) < 4.78 is 1.06. The largest absolute Gasteiger partial charge is 0.284 e. The van der Waals surface area contributed by atoms with Crippen molar-refractivity contribution in [2.45, 2.75) is 18.7 Å². The molecule has 1 aliphatic heterocycles. The maximum absolute atomic E-state index is 13.5. The number of thioether (sulfide) groups is 1. The lowest BCUT2D eigenvalue weighted by molar-refractivity contribution is -0.113. The predicted molar refractivity (Wildman–Crippen MR) is 136 cm³/mol. The van der Waals surface area contributed by atoms with Gasteiger partial charge in [0.25, 0.3) is 5.91 Å². The van der Waals surface area contributed by atoms with Gasteiger partial charge in [-0.2, -0.15) is 0 Å². The number of nitrogens with zero attached hydrogens (tertiary/aromatic N) is 3. The minimum absolute atomic E-state index is 0.162. The van der Waals surface area contributed by atoms with Crippen LogP contribution in [0.15, 0.2) is 82.3 Å². The number of hydrogen-bond acceptors (Lipinski definition) is 5. The van der Waals surface area contributed by atoms with E-state index in [0.29, 0.717) is 16.7 Å². The Bertz CT molecular complexity index is 1350. The molecule has 0 saturated heterocycles. The second-order valence-corrected chi connectivity index (χ2v) is 9.53. The molecule has 0 atom stereocenters. The van der Waals surface area contributed by atoms with E-state index in [4.69, 9.17) is 9.98 Å². The van der Waals surface area contributed by atoms with Gasteiger partial charge in [0.1, 0.15) is 11.5 Å². The van der Waals surface area contributed by atoms with E-state index in [2.05, 4.69) is 26.0 Å². The van der Waals surface area contributed by atoms with Crippen molar-refractivity contribution in [1.82, 2.24) is 4.98 Å². The number of amidine groups is 1. The molecule has 158 valence electrons. The molecule has 0 fully saturated rings. The Kier molecular flexibility index (Phi) is 5.41. The summed E-state index contributed by atoms with van der Waals surface area (Å²) >= 11 is 3.21. The number of fused-ring (bicyclic) bond motifs is 1. The minimum atomic E-state index is -0.162. The van der Waals surface area contributed by atoms with Gasteiger partial charge in [-0.3, -0.25) is 4.79 Å². The number of carbonyl (C=O) groups is 1. The van der Waals surface area contributed by atoms with Crippen LogP contribution in [0.2, 0.25) is 0 Å². The first-order valence-electron chi connectivity index (χ1n) is 10.3. The Balaban J connectivity index is 1.61. The molecule has 0 unspecified atom stereocenters. The highest BCUT2D eigenvalue weighted by Gasteiger charge is 2.34. The fraction of sp³-hybridized carbons (Fsp3) is 0.115. The topological polar surface area (TPSA) is 45.6 Å². The van der Waals surface area contributed by atoms with Gasteiger partial charge < -0.3 is 0 Å². The summed E-state index contributed by atoms with van der Waals surface area (Å²) in [6, 6.07) is 22.1. The van der Waals surface area contributed by atoms with Crippen molar-refractivity contribution in [2.75, 3.05) is 11.2 Å². The first kappa shape index (κ1) is 20.7. The highest BCUT2D eigenvalue weighted by molar-refractivity contribution is 7.98. The number of rotatable bonds is 4. The van der Waals surface area contributed by atoms with Gasteiger partial charge in [-0.25, -0.2) is 14.9 Å². The zero-order valence-electron chi connectivity index (χ0n) is 18.0. The van der Waals surface area contributed by atoms with Crippen LogP contribution in [0.1, 0.15) is 22.3 Å². The zero-order valence-corrected chi connectivity index (χ0v) is 19.6. The molecule has 0 bridgehead atoms. The lowest BCUT2D eigenvalue weighted by Crippen LogP contribution is -2.32. The lowest BCUT2D eigenvalue weighted by atomic mass is 10.1. The summed E-state index contributed by atoms with van der Waals surface area (Å²) in [5, 5.41) is 0.638. The smallest absolute Gasteiger partial charge is 0.266 e. The highest BCUT2D eigenvalue weighted by Crippen LogP contribution is 2.35. The van der Waals surface area contributed by atoms with Gasteiger partial charge in [-0.1, -0.05) is 53.8 Å². The number of aromatic nitrogens is 1. The van der Waals surface area contributed by atoms with Crippen molar-refractivity contribution in [2.24, 2.45) is 4.99 Å². The molecule has 1 amide bonds. The van der Waals surface area contributed by atoms with Crippen molar-refractivity contribution in [3.8, 4) is 0 Å². The second-order valence-electron chi connectivity index (χ2n) is 7.65. The Morgan fingerprint density at radius 1 is 0.969 bits per heavy atom. The van der Waals surface area contributed by atoms with Gasteiger partial charge in [-0.15, -0.1) is 11.8 Å². The average molecular weight is 456 g/mol. The summed E-state index contributed by atoms with van der Waals surface area (Å²) in [6.07, 6.45) is 3.89. The fourth-order valence-electron chi connectivity index (χ4n) is 3.60.